The Morgan fingerprint density at radius 3 is 2.50 bits per heavy atom. The SMILES string of the molecule is C=CC(=O)N1CCC(N2CC(C#Cc3c(-c4ccc(C5CC5)cc4)c4c(N)ncnc4n3C)C2)CC1. The average molecular weight is 481 g/mol. The van der Waals surface area contributed by atoms with E-state index in [1.54, 1.807) is 0 Å². The first-order valence-electron chi connectivity index (χ1n) is 12.9. The lowest BCUT2D eigenvalue weighted by atomic mass is 9.93. The van der Waals surface area contributed by atoms with E-state index >= 15 is 0 Å². The zero-order valence-electron chi connectivity index (χ0n) is 20.8. The summed E-state index contributed by atoms with van der Waals surface area (Å²) in [5.41, 5.74) is 11.6. The van der Waals surface area contributed by atoms with Crippen LogP contribution in [0.3, 0.4) is 0 Å². The highest BCUT2D eigenvalue weighted by Gasteiger charge is 2.34. The predicted molar refractivity (Wildman–Crippen MR) is 142 cm³/mol. The Labute approximate surface area is 212 Å². The van der Waals surface area contributed by atoms with Crippen molar-refractivity contribution in [2.24, 2.45) is 13.0 Å². The summed E-state index contributed by atoms with van der Waals surface area (Å²) in [6.45, 7) is 7.17. The zero-order valence-corrected chi connectivity index (χ0v) is 20.8. The number of rotatable bonds is 4. The maximum absolute atomic E-state index is 11.8. The van der Waals surface area contributed by atoms with Crippen LogP contribution in [-0.2, 0) is 11.8 Å². The summed E-state index contributed by atoms with van der Waals surface area (Å²) in [5, 5.41) is 0.875. The Morgan fingerprint density at radius 1 is 1.11 bits per heavy atom. The Bertz CT molecular complexity index is 1380. The first-order chi connectivity index (χ1) is 17.5. The summed E-state index contributed by atoms with van der Waals surface area (Å²) in [5.74, 6) is 8.62. The lowest BCUT2D eigenvalue weighted by Gasteiger charge is -2.45. The molecule has 2 aromatic heterocycles. The van der Waals surface area contributed by atoms with Crippen LogP contribution < -0.4 is 5.73 Å². The molecule has 0 unspecified atom stereocenters. The molecule has 3 aromatic rings. The van der Waals surface area contributed by atoms with Gasteiger partial charge in [0.2, 0.25) is 5.91 Å². The third kappa shape index (κ3) is 4.06. The second-order valence-electron chi connectivity index (χ2n) is 10.3. The number of nitrogens with two attached hydrogens (primary N) is 1. The monoisotopic (exact) mass is 480 g/mol. The molecule has 0 bridgehead atoms. The summed E-state index contributed by atoms with van der Waals surface area (Å²) in [7, 11) is 2.01. The minimum absolute atomic E-state index is 0.0408. The van der Waals surface area contributed by atoms with Crippen molar-refractivity contribution in [3.63, 3.8) is 0 Å². The number of aryl methyl sites for hydroxylation is 1. The molecule has 0 spiro atoms. The Kier molecular flexibility index (Phi) is 5.77. The quantitative estimate of drug-likeness (QED) is 0.456. The van der Waals surface area contributed by atoms with Crippen molar-refractivity contribution >= 4 is 22.8 Å². The molecule has 2 aliphatic heterocycles. The van der Waals surface area contributed by atoms with Crippen LogP contribution >= 0.6 is 0 Å². The van der Waals surface area contributed by atoms with Crippen LogP contribution in [-0.4, -0.2) is 62.5 Å². The molecule has 1 amide bonds. The molecular weight excluding hydrogens is 448 g/mol. The number of carbonyl (C=O) groups excluding carboxylic acids is 1. The van der Waals surface area contributed by atoms with Gasteiger partial charge in [0.1, 0.15) is 23.5 Å². The van der Waals surface area contributed by atoms with Crippen LogP contribution in [0, 0.1) is 17.8 Å². The van der Waals surface area contributed by atoms with Gasteiger partial charge < -0.3 is 15.2 Å². The number of piperidine rings is 1. The molecule has 2 saturated heterocycles. The predicted octanol–water partition coefficient (Wildman–Crippen LogP) is 3.56. The van der Waals surface area contributed by atoms with Gasteiger partial charge in [-0.2, -0.15) is 0 Å². The van der Waals surface area contributed by atoms with Crippen LogP contribution in [0.5, 0.6) is 0 Å². The molecule has 36 heavy (non-hydrogen) atoms. The van der Waals surface area contributed by atoms with Crippen LogP contribution in [0.4, 0.5) is 5.82 Å². The van der Waals surface area contributed by atoms with Gasteiger partial charge in [-0.1, -0.05) is 36.8 Å². The van der Waals surface area contributed by atoms with E-state index in [9.17, 15) is 4.79 Å². The summed E-state index contributed by atoms with van der Waals surface area (Å²) < 4.78 is 2.05. The van der Waals surface area contributed by atoms with Crippen LogP contribution in [0.15, 0.2) is 43.2 Å². The largest absolute Gasteiger partial charge is 0.383 e. The number of nitrogen functional groups attached to an aromatic ring is 1. The van der Waals surface area contributed by atoms with E-state index in [0.29, 0.717) is 17.8 Å². The average Bonchev–Trinajstić information content (AvgIpc) is 3.69. The second kappa shape index (κ2) is 9.11. The standard InChI is InChI=1S/C29H32N6O/c1-3-25(36)34-14-12-23(13-15-34)35-16-19(17-35)4-11-24-26(22-9-7-21(8-10-22)20-5-6-20)27-28(30)31-18-32-29(27)33(24)2/h3,7-10,18-20,23H,1,5-6,12-17H2,2H3,(H2,30,31,32). The Balaban J connectivity index is 1.22. The molecule has 7 nitrogen and oxygen atoms in total. The van der Waals surface area contributed by atoms with Crippen molar-refractivity contribution in [2.45, 2.75) is 37.6 Å². The van der Waals surface area contributed by atoms with Gasteiger partial charge in [-0.15, -0.1) is 0 Å². The van der Waals surface area contributed by atoms with Crippen molar-refractivity contribution in [3.8, 4) is 23.0 Å². The van der Waals surface area contributed by atoms with Gasteiger partial charge in [0.25, 0.3) is 0 Å². The fourth-order valence-electron chi connectivity index (χ4n) is 5.69. The summed E-state index contributed by atoms with van der Waals surface area (Å²) in [6.07, 6.45) is 7.54. The van der Waals surface area contributed by atoms with Gasteiger partial charge >= 0.3 is 0 Å². The normalized spacial score (nSPS) is 19.1. The molecule has 2 N–H and O–H groups in total. The molecular formula is C29H32N6O. The number of nitrogens with zero attached hydrogens (tertiary/aromatic N) is 5. The van der Waals surface area contributed by atoms with Gasteiger partial charge in [0, 0.05) is 50.7 Å². The lowest BCUT2D eigenvalue weighted by molar-refractivity contribution is -0.127. The molecule has 3 fully saturated rings. The third-order valence-electron chi connectivity index (χ3n) is 8.02. The number of carbonyl (C=O) groups is 1. The third-order valence-corrected chi connectivity index (χ3v) is 8.02. The molecule has 184 valence electrons. The fourth-order valence-corrected chi connectivity index (χ4v) is 5.69. The topological polar surface area (TPSA) is 80.3 Å². The van der Waals surface area contributed by atoms with Crippen LogP contribution in [0.25, 0.3) is 22.2 Å². The van der Waals surface area contributed by atoms with E-state index in [1.807, 2.05) is 16.5 Å². The molecule has 3 aliphatic rings. The molecule has 7 heteroatoms. The van der Waals surface area contributed by atoms with Gasteiger partial charge in [0.15, 0.2) is 0 Å². The Hall–Kier alpha value is -3.63. The molecule has 1 saturated carbocycles. The van der Waals surface area contributed by atoms with Crippen molar-refractivity contribution < 1.29 is 4.79 Å². The summed E-state index contributed by atoms with van der Waals surface area (Å²) in [6, 6.07) is 9.38. The number of fused-ring (bicyclic) bond motifs is 1. The van der Waals surface area contributed by atoms with Crippen molar-refractivity contribution in [1.82, 2.24) is 24.3 Å². The number of amides is 1. The molecule has 1 aliphatic carbocycles. The number of hydrogen-bond donors (Lipinski definition) is 1. The fraction of sp³-hybridized carbons (Fsp3) is 0.414. The second-order valence-corrected chi connectivity index (χ2v) is 10.3. The van der Waals surface area contributed by atoms with E-state index < -0.39 is 0 Å². The minimum atomic E-state index is 0.0408. The molecule has 1 aromatic carbocycles. The first-order valence-corrected chi connectivity index (χ1v) is 12.9. The van der Waals surface area contributed by atoms with Gasteiger partial charge in [-0.05, 0) is 54.7 Å². The summed E-state index contributed by atoms with van der Waals surface area (Å²) in [4.78, 5) is 25.1. The number of likely N-dealkylation sites (tertiary alicyclic amines) is 2. The highest BCUT2D eigenvalue weighted by Crippen LogP contribution is 2.42. The van der Waals surface area contributed by atoms with Crippen molar-refractivity contribution in [3.05, 3.63) is 54.5 Å². The van der Waals surface area contributed by atoms with E-state index in [2.05, 4.69) is 57.6 Å². The maximum Gasteiger partial charge on any atom is 0.245 e. The van der Waals surface area contributed by atoms with E-state index in [1.165, 1.54) is 30.8 Å². The highest BCUT2D eigenvalue weighted by molar-refractivity contribution is 6.03. The van der Waals surface area contributed by atoms with Gasteiger partial charge in [0.05, 0.1) is 5.39 Å². The minimum Gasteiger partial charge on any atom is -0.383 e. The molecule has 0 atom stereocenters. The number of benzene rings is 1. The zero-order chi connectivity index (χ0) is 24.8. The first kappa shape index (κ1) is 22.8. The van der Waals surface area contributed by atoms with Gasteiger partial charge in [-0.3, -0.25) is 9.69 Å². The highest BCUT2D eigenvalue weighted by atomic mass is 16.2. The van der Waals surface area contributed by atoms with E-state index in [0.717, 1.165) is 72.8 Å². The molecule has 0 radical (unpaired) electrons. The van der Waals surface area contributed by atoms with Crippen LogP contribution in [0.2, 0.25) is 0 Å². The smallest absolute Gasteiger partial charge is 0.245 e. The van der Waals surface area contributed by atoms with E-state index in [-0.39, 0.29) is 5.91 Å². The number of anilines is 1. The number of aromatic nitrogens is 3. The summed E-state index contributed by atoms with van der Waals surface area (Å²) >= 11 is 0. The van der Waals surface area contributed by atoms with Crippen molar-refractivity contribution in [1.29, 1.82) is 0 Å². The Morgan fingerprint density at radius 2 is 1.83 bits per heavy atom. The number of hydrogen-bond acceptors (Lipinski definition) is 5. The molecule has 4 heterocycles. The lowest BCUT2D eigenvalue weighted by Crippen LogP contribution is -2.55. The maximum atomic E-state index is 11.8. The van der Waals surface area contributed by atoms with E-state index in [4.69, 9.17) is 5.73 Å². The molecule has 6 rings (SSSR count). The van der Waals surface area contributed by atoms with Crippen molar-refractivity contribution in [2.75, 3.05) is 31.9 Å². The van der Waals surface area contributed by atoms with Gasteiger partial charge in [-0.25, -0.2) is 9.97 Å². The van der Waals surface area contributed by atoms with Crippen LogP contribution in [0.1, 0.15) is 42.9 Å².